The molecular weight excluding hydrogens is 338 g/mol. The van der Waals surface area contributed by atoms with Gasteiger partial charge in [-0.2, -0.15) is 0 Å². The Morgan fingerprint density at radius 1 is 0.963 bits per heavy atom. The van der Waals surface area contributed by atoms with E-state index in [9.17, 15) is 4.79 Å². The molecule has 1 aromatic carbocycles. The van der Waals surface area contributed by atoms with Crippen LogP contribution in [-0.2, 0) is 12.8 Å². The Bertz CT molecular complexity index is 837. The lowest BCUT2D eigenvalue weighted by Crippen LogP contribution is -2.27. The number of carbonyl (C=O) groups is 1. The quantitative estimate of drug-likeness (QED) is 0.668. The van der Waals surface area contributed by atoms with Gasteiger partial charge in [-0.3, -0.25) is 9.78 Å². The number of amides is 1. The maximum atomic E-state index is 12.2. The zero-order chi connectivity index (χ0) is 18.9. The number of carbonyl (C=O) groups excluding carboxylic acids is 1. The molecule has 6 heteroatoms. The van der Waals surface area contributed by atoms with Gasteiger partial charge < -0.3 is 10.2 Å². The van der Waals surface area contributed by atoms with Gasteiger partial charge in [0.1, 0.15) is 11.5 Å². The fourth-order valence-electron chi connectivity index (χ4n) is 2.65. The van der Waals surface area contributed by atoms with E-state index >= 15 is 0 Å². The number of aromatic nitrogens is 3. The highest BCUT2D eigenvalue weighted by atomic mass is 16.1. The minimum absolute atomic E-state index is 0.204. The van der Waals surface area contributed by atoms with Gasteiger partial charge in [0, 0.05) is 32.5 Å². The van der Waals surface area contributed by atoms with E-state index in [-0.39, 0.29) is 5.91 Å². The van der Waals surface area contributed by atoms with Crippen molar-refractivity contribution in [3.63, 3.8) is 0 Å². The van der Waals surface area contributed by atoms with Crippen molar-refractivity contribution in [1.29, 1.82) is 0 Å². The van der Waals surface area contributed by atoms with Crippen molar-refractivity contribution < 1.29 is 4.79 Å². The van der Waals surface area contributed by atoms with E-state index in [1.807, 2.05) is 54.4 Å². The second-order valence-corrected chi connectivity index (χ2v) is 6.28. The molecule has 0 saturated carbocycles. The van der Waals surface area contributed by atoms with E-state index in [2.05, 4.69) is 20.3 Å². The summed E-state index contributed by atoms with van der Waals surface area (Å²) in [5, 5.41) is 2.88. The Morgan fingerprint density at radius 3 is 2.41 bits per heavy atom. The fraction of sp³-hybridized carbons (Fsp3) is 0.238. The fourth-order valence-corrected chi connectivity index (χ4v) is 2.65. The van der Waals surface area contributed by atoms with Gasteiger partial charge >= 0.3 is 0 Å². The van der Waals surface area contributed by atoms with Gasteiger partial charge in [-0.05, 0) is 36.1 Å². The summed E-state index contributed by atoms with van der Waals surface area (Å²) < 4.78 is 0. The lowest BCUT2D eigenvalue weighted by Gasteiger charge is -2.17. The number of likely N-dealkylation sites (N-methyl/N-ethyl adjacent to an activating group) is 1. The number of hydrogen-bond donors (Lipinski definition) is 1. The average Bonchev–Trinajstić information content (AvgIpc) is 2.73. The Hall–Kier alpha value is -3.28. The van der Waals surface area contributed by atoms with E-state index in [0.29, 0.717) is 12.2 Å². The molecule has 27 heavy (non-hydrogen) atoms. The van der Waals surface area contributed by atoms with Crippen molar-refractivity contribution in [2.24, 2.45) is 0 Å². The van der Waals surface area contributed by atoms with Crippen molar-refractivity contribution in [3.8, 4) is 0 Å². The van der Waals surface area contributed by atoms with Crippen LogP contribution in [-0.4, -0.2) is 41.0 Å². The van der Waals surface area contributed by atoms with Crippen LogP contribution in [0.25, 0.3) is 0 Å². The van der Waals surface area contributed by atoms with Gasteiger partial charge in [-0.1, -0.05) is 30.3 Å². The van der Waals surface area contributed by atoms with Crippen LogP contribution in [0.2, 0.25) is 0 Å². The van der Waals surface area contributed by atoms with E-state index in [1.165, 1.54) is 17.3 Å². The smallest absolute Gasteiger partial charge is 0.271 e. The Labute approximate surface area is 159 Å². The summed E-state index contributed by atoms with van der Waals surface area (Å²) in [6.45, 7) is 1.37. The molecule has 0 atom stereocenters. The molecule has 2 heterocycles. The van der Waals surface area contributed by atoms with E-state index in [1.54, 1.807) is 18.6 Å². The standard InChI is InChI=1S/C21H23N5O/c1-26(14-10-18-7-11-22-12-8-18)20-16-24-19(15-25-20)21(27)23-13-9-17-5-3-2-4-6-17/h2-8,11-12,15-16H,9-10,13-14H2,1H3,(H,23,27). The monoisotopic (exact) mass is 361 g/mol. The number of rotatable bonds is 8. The van der Waals surface area contributed by atoms with Crippen molar-refractivity contribution in [3.05, 3.63) is 84.1 Å². The summed E-state index contributed by atoms with van der Waals surface area (Å²) in [6.07, 6.45) is 8.42. The minimum Gasteiger partial charge on any atom is -0.358 e. The first-order chi connectivity index (χ1) is 13.2. The highest BCUT2D eigenvalue weighted by Gasteiger charge is 2.09. The van der Waals surface area contributed by atoms with Crippen LogP contribution in [0, 0.1) is 0 Å². The molecule has 2 aromatic heterocycles. The molecule has 3 aromatic rings. The second kappa shape index (κ2) is 9.43. The number of anilines is 1. The van der Waals surface area contributed by atoms with Gasteiger partial charge in [0.25, 0.3) is 5.91 Å². The van der Waals surface area contributed by atoms with E-state index in [4.69, 9.17) is 0 Å². The first-order valence-electron chi connectivity index (χ1n) is 8.96. The van der Waals surface area contributed by atoms with Gasteiger partial charge in [-0.25, -0.2) is 9.97 Å². The number of benzene rings is 1. The summed E-state index contributed by atoms with van der Waals surface area (Å²) in [6, 6.07) is 14.1. The molecule has 0 aliphatic heterocycles. The molecule has 0 saturated heterocycles. The van der Waals surface area contributed by atoms with Crippen molar-refractivity contribution >= 4 is 11.7 Å². The Morgan fingerprint density at radius 2 is 1.70 bits per heavy atom. The normalized spacial score (nSPS) is 10.4. The van der Waals surface area contributed by atoms with Crippen molar-refractivity contribution in [2.45, 2.75) is 12.8 Å². The van der Waals surface area contributed by atoms with Crippen LogP contribution >= 0.6 is 0 Å². The van der Waals surface area contributed by atoms with Gasteiger partial charge in [0.2, 0.25) is 0 Å². The molecule has 1 N–H and O–H groups in total. The Kier molecular flexibility index (Phi) is 6.46. The molecule has 1 amide bonds. The SMILES string of the molecule is CN(CCc1ccncc1)c1cnc(C(=O)NCCc2ccccc2)cn1. The molecule has 0 unspecified atom stereocenters. The zero-order valence-corrected chi connectivity index (χ0v) is 15.4. The summed E-state index contributed by atoms with van der Waals surface area (Å²) in [7, 11) is 1.96. The first-order valence-corrected chi connectivity index (χ1v) is 8.96. The lowest BCUT2D eigenvalue weighted by atomic mass is 10.1. The highest BCUT2D eigenvalue weighted by Crippen LogP contribution is 2.08. The summed E-state index contributed by atoms with van der Waals surface area (Å²) in [5.41, 5.74) is 2.74. The molecule has 6 nitrogen and oxygen atoms in total. The van der Waals surface area contributed by atoms with Crippen LogP contribution in [0.3, 0.4) is 0 Å². The van der Waals surface area contributed by atoms with Gasteiger partial charge in [0.15, 0.2) is 0 Å². The number of nitrogens with one attached hydrogen (secondary N) is 1. The molecule has 0 fully saturated rings. The highest BCUT2D eigenvalue weighted by molar-refractivity contribution is 5.92. The average molecular weight is 361 g/mol. The van der Waals surface area contributed by atoms with Gasteiger partial charge in [0.05, 0.1) is 12.4 Å². The molecule has 0 aliphatic rings. The molecule has 138 valence electrons. The Balaban J connectivity index is 1.47. The van der Waals surface area contributed by atoms with Crippen LogP contribution in [0.15, 0.2) is 67.3 Å². The number of pyridine rings is 1. The number of nitrogens with zero attached hydrogens (tertiary/aromatic N) is 4. The van der Waals surface area contributed by atoms with Crippen LogP contribution in [0.5, 0.6) is 0 Å². The maximum Gasteiger partial charge on any atom is 0.271 e. The third-order valence-electron chi connectivity index (χ3n) is 4.29. The summed E-state index contributed by atoms with van der Waals surface area (Å²) in [4.78, 5) is 26.9. The molecule has 0 spiro atoms. The van der Waals surface area contributed by atoms with E-state index in [0.717, 1.165) is 25.2 Å². The van der Waals surface area contributed by atoms with Gasteiger partial charge in [-0.15, -0.1) is 0 Å². The second-order valence-electron chi connectivity index (χ2n) is 6.28. The topological polar surface area (TPSA) is 71.0 Å². The molecular formula is C21H23N5O. The lowest BCUT2D eigenvalue weighted by molar-refractivity contribution is 0.0949. The van der Waals surface area contributed by atoms with E-state index < -0.39 is 0 Å². The zero-order valence-electron chi connectivity index (χ0n) is 15.4. The van der Waals surface area contributed by atoms with Crippen LogP contribution < -0.4 is 10.2 Å². The molecule has 0 aliphatic carbocycles. The first kappa shape index (κ1) is 18.5. The van der Waals surface area contributed by atoms with Crippen LogP contribution in [0.4, 0.5) is 5.82 Å². The van der Waals surface area contributed by atoms with Crippen molar-refractivity contribution in [1.82, 2.24) is 20.3 Å². The predicted molar refractivity (Wildman–Crippen MR) is 106 cm³/mol. The van der Waals surface area contributed by atoms with Crippen LogP contribution in [0.1, 0.15) is 21.6 Å². The predicted octanol–water partition coefficient (Wildman–Crippen LogP) is 2.52. The summed E-state index contributed by atoms with van der Waals surface area (Å²) >= 11 is 0. The molecule has 0 radical (unpaired) electrons. The number of hydrogen-bond acceptors (Lipinski definition) is 5. The molecule has 3 rings (SSSR count). The molecule has 0 bridgehead atoms. The maximum absolute atomic E-state index is 12.2. The third kappa shape index (κ3) is 5.60. The van der Waals surface area contributed by atoms with Crippen molar-refractivity contribution in [2.75, 3.05) is 25.0 Å². The summed E-state index contributed by atoms with van der Waals surface area (Å²) in [5.74, 6) is 0.536. The largest absolute Gasteiger partial charge is 0.358 e. The third-order valence-corrected chi connectivity index (χ3v) is 4.29. The minimum atomic E-state index is -0.204.